The topological polar surface area (TPSA) is 32.3 Å². The fourth-order valence-corrected chi connectivity index (χ4v) is 3.13. The van der Waals surface area contributed by atoms with Crippen LogP contribution in [0.15, 0.2) is 60.7 Å². The summed E-state index contributed by atoms with van der Waals surface area (Å²) in [5.74, 6) is 0.151. The number of nitrogens with one attached hydrogen (secondary N) is 1. The second-order valence-corrected chi connectivity index (χ2v) is 5.88. The molecule has 1 fully saturated rings. The first-order valence-electron chi connectivity index (χ1n) is 7.38. The Balaban J connectivity index is 1.93. The van der Waals surface area contributed by atoms with Gasteiger partial charge in [0.1, 0.15) is 6.04 Å². The molecular weight excluding hydrogens is 292 g/mol. The van der Waals surface area contributed by atoms with Gasteiger partial charge in [-0.2, -0.15) is 0 Å². The van der Waals surface area contributed by atoms with Gasteiger partial charge >= 0.3 is 0 Å². The van der Waals surface area contributed by atoms with Crippen molar-refractivity contribution >= 4 is 23.2 Å². The van der Waals surface area contributed by atoms with Crippen LogP contribution in [0.3, 0.4) is 0 Å². The summed E-state index contributed by atoms with van der Waals surface area (Å²) in [6, 6.07) is 20.2. The number of carbonyl (C=O) groups excluding carboxylic acids is 1. The summed E-state index contributed by atoms with van der Waals surface area (Å²) in [6.45, 7) is 2.40. The molecule has 0 aromatic heterocycles. The average Bonchev–Trinajstić information content (AvgIpc) is 2.80. The van der Waals surface area contributed by atoms with Gasteiger partial charge in [0.2, 0.25) is 0 Å². The van der Waals surface area contributed by atoms with Crippen molar-refractivity contribution in [3.05, 3.63) is 71.8 Å². The molecular formula is C18H18N2OS. The molecule has 1 N–H and O–H groups in total. The number of carbonyl (C=O) groups is 1. The van der Waals surface area contributed by atoms with Crippen LogP contribution in [-0.2, 0) is 4.79 Å². The van der Waals surface area contributed by atoms with Crippen LogP contribution in [-0.4, -0.2) is 28.5 Å². The van der Waals surface area contributed by atoms with Gasteiger partial charge in [-0.05, 0) is 30.3 Å². The lowest BCUT2D eigenvalue weighted by atomic mass is 9.91. The molecule has 1 heterocycles. The van der Waals surface area contributed by atoms with E-state index in [2.05, 4.69) is 29.6 Å². The maximum absolute atomic E-state index is 12.3. The molecule has 0 unspecified atom stereocenters. The zero-order valence-corrected chi connectivity index (χ0v) is 13.2. The number of hydrogen-bond donors (Lipinski definition) is 1. The normalized spacial score (nSPS) is 17.9. The monoisotopic (exact) mass is 310 g/mol. The van der Waals surface area contributed by atoms with Crippen molar-refractivity contribution in [2.24, 2.45) is 0 Å². The summed E-state index contributed by atoms with van der Waals surface area (Å²) >= 11 is 5.31. The molecule has 0 spiro atoms. The summed E-state index contributed by atoms with van der Waals surface area (Å²) in [6.07, 6.45) is 0. The van der Waals surface area contributed by atoms with E-state index in [1.165, 1.54) is 11.1 Å². The van der Waals surface area contributed by atoms with Gasteiger partial charge < -0.3 is 5.32 Å². The molecule has 22 heavy (non-hydrogen) atoms. The van der Waals surface area contributed by atoms with Crippen LogP contribution in [0.2, 0.25) is 0 Å². The van der Waals surface area contributed by atoms with E-state index in [-0.39, 0.29) is 17.9 Å². The molecule has 2 aromatic rings. The van der Waals surface area contributed by atoms with Crippen LogP contribution < -0.4 is 5.32 Å². The van der Waals surface area contributed by atoms with Crippen LogP contribution in [0, 0.1) is 0 Å². The molecule has 0 bridgehead atoms. The number of thiocarbonyl (C=S) groups is 1. The molecule has 3 nitrogen and oxygen atoms in total. The van der Waals surface area contributed by atoms with Gasteiger partial charge in [0, 0.05) is 12.5 Å². The van der Waals surface area contributed by atoms with E-state index in [0.717, 1.165) is 0 Å². The lowest BCUT2D eigenvalue weighted by Gasteiger charge is -2.24. The number of benzene rings is 2. The maximum atomic E-state index is 12.3. The van der Waals surface area contributed by atoms with E-state index in [1.807, 2.05) is 43.3 Å². The Hall–Kier alpha value is -2.20. The molecule has 1 atom stereocenters. The van der Waals surface area contributed by atoms with E-state index in [1.54, 1.807) is 4.90 Å². The van der Waals surface area contributed by atoms with Gasteiger partial charge in [-0.1, -0.05) is 60.7 Å². The quantitative estimate of drug-likeness (QED) is 0.881. The highest BCUT2D eigenvalue weighted by atomic mass is 32.1. The van der Waals surface area contributed by atoms with E-state index in [9.17, 15) is 4.79 Å². The Bertz CT molecular complexity index is 633. The first-order valence-corrected chi connectivity index (χ1v) is 7.79. The smallest absolute Gasteiger partial charge is 0.251 e. The molecule has 2 aromatic carbocycles. The van der Waals surface area contributed by atoms with Crippen molar-refractivity contribution in [2.75, 3.05) is 6.54 Å². The van der Waals surface area contributed by atoms with Gasteiger partial charge in [0.15, 0.2) is 5.11 Å². The summed E-state index contributed by atoms with van der Waals surface area (Å²) in [7, 11) is 0. The SMILES string of the molecule is C[C@@H]1NC(=S)N(CC(c2ccccc2)c2ccccc2)C1=O. The van der Waals surface area contributed by atoms with E-state index < -0.39 is 0 Å². The van der Waals surface area contributed by atoms with E-state index in [0.29, 0.717) is 11.7 Å². The van der Waals surface area contributed by atoms with E-state index >= 15 is 0 Å². The minimum absolute atomic E-state index is 0.0434. The van der Waals surface area contributed by atoms with Crippen LogP contribution in [0.1, 0.15) is 24.0 Å². The van der Waals surface area contributed by atoms with E-state index in [4.69, 9.17) is 12.2 Å². The molecule has 3 rings (SSSR count). The first-order chi connectivity index (χ1) is 10.7. The molecule has 0 aliphatic carbocycles. The molecule has 1 saturated heterocycles. The summed E-state index contributed by atoms with van der Waals surface area (Å²) in [5.41, 5.74) is 2.37. The molecule has 4 heteroatoms. The third-order valence-electron chi connectivity index (χ3n) is 3.99. The zero-order valence-electron chi connectivity index (χ0n) is 12.4. The average molecular weight is 310 g/mol. The minimum atomic E-state index is -0.236. The lowest BCUT2D eigenvalue weighted by molar-refractivity contribution is -0.126. The van der Waals surface area contributed by atoms with Gasteiger partial charge in [-0.3, -0.25) is 9.69 Å². The van der Waals surface area contributed by atoms with Gasteiger partial charge in [0.05, 0.1) is 0 Å². The highest BCUT2D eigenvalue weighted by Gasteiger charge is 2.34. The molecule has 0 radical (unpaired) electrons. The predicted molar refractivity (Wildman–Crippen MR) is 91.6 cm³/mol. The Morgan fingerprint density at radius 3 is 1.95 bits per heavy atom. The minimum Gasteiger partial charge on any atom is -0.351 e. The van der Waals surface area contributed by atoms with Crippen molar-refractivity contribution in [1.29, 1.82) is 0 Å². The predicted octanol–water partition coefficient (Wildman–Crippen LogP) is 2.92. The molecule has 1 amide bonds. The van der Waals surface area contributed by atoms with Crippen LogP contribution in [0.25, 0.3) is 0 Å². The maximum Gasteiger partial charge on any atom is 0.251 e. The number of nitrogens with zero attached hydrogens (tertiary/aromatic N) is 1. The summed E-state index contributed by atoms with van der Waals surface area (Å²) in [4.78, 5) is 14.0. The van der Waals surface area contributed by atoms with Crippen molar-refractivity contribution in [3.8, 4) is 0 Å². The fraction of sp³-hybridized carbons (Fsp3) is 0.222. The molecule has 1 aliphatic heterocycles. The Morgan fingerprint density at radius 2 is 1.55 bits per heavy atom. The fourth-order valence-electron chi connectivity index (χ4n) is 2.79. The number of rotatable bonds is 4. The summed E-state index contributed by atoms with van der Waals surface area (Å²) in [5, 5.41) is 3.56. The van der Waals surface area contributed by atoms with Crippen LogP contribution in [0.5, 0.6) is 0 Å². The van der Waals surface area contributed by atoms with Crippen LogP contribution in [0.4, 0.5) is 0 Å². The Kier molecular flexibility index (Phi) is 4.20. The second-order valence-electron chi connectivity index (χ2n) is 5.49. The third kappa shape index (κ3) is 2.88. The van der Waals surface area contributed by atoms with Crippen molar-refractivity contribution in [2.45, 2.75) is 18.9 Å². The first kappa shape index (κ1) is 14.7. The van der Waals surface area contributed by atoms with Crippen molar-refractivity contribution in [1.82, 2.24) is 10.2 Å². The number of hydrogen-bond acceptors (Lipinski definition) is 2. The van der Waals surface area contributed by atoms with Crippen molar-refractivity contribution in [3.63, 3.8) is 0 Å². The zero-order chi connectivity index (χ0) is 15.5. The molecule has 1 aliphatic rings. The third-order valence-corrected chi connectivity index (χ3v) is 4.33. The Morgan fingerprint density at radius 1 is 1.05 bits per heavy atom. The second kappa shape index (κ2) is 6.28. The number of amides is 1. The lowest BCUT2D eigenvalue weighted by Crippen LogP contribution is -2.35. The van der Waals surface area contributed by atoms with Gasteiger partial charge in [0.25, 0.3) is 5.91 Å². The van der Waals surface area contributed by atoms with Gasteiger partial charge in [-0.15, -0.1) is 0 Å². The van der Waals surface area contributed by atoms with Gasteiger partial charge in [-0.25, -0.2) is 0 Å². The van der Waals surface area contributed by atoms with Crippen LogP contribution >= 0.6 is 12.2 Å². The molecule has 112 valence electrons. The standard InChI is InChI=1S/C18H18N2OS/c1-13-17(21)20(18(22)19-13)12-16(14-8-4-2-5-9-14)15-10-6-3-7-11-15/h2-11,13,16H,12H2,1H3,(H,19,22)/t13-/m0/s1. The largest absolute Gasteiger partial charge is 0.351 e. The molecule has 0 saturated carbocycles. The highest BCUT2D eigenvalue weighted by Crippen LogP contribution is 2.26. The Labute approximate surface area is 136 Å². The summed E-state index contributed by atoms with van der Waals surface area (Å²) < 4.78 is 0. The van der Waals surface area contributed by atoms with Crippen molar-refractivity contribution < 1.29 is 4.79 Å². The highest BCUT2D eigenvalue weighted by molar-refractivity contribution is 7.80.